The van der Waals surface area contributed by atoms with Gasteiger partial charge in [-0.3, -0.25) is 9.78 Å². The summed E-state index contributed by atoms with van der Waals surface area (Å²) in [5, 5.41) is 5.89. The monoisotopic (exact) mass is 433 g/mol. The Bertz CT molecular complexity index is 956. The lowest BCUT2D eigenvalue weighted by atomic mass is 9.96. The van der Waals surface area contributed by atoms with Gasteiger partial charge in [-0.05, 0) is 42.2 Å². The van der Waals surface area contributed by atoms with E-state index in [2.05, 4.69) is 15.3 Å². The highest BCUT2D eigenvalue weighted by Gasteiger charge is 2.30. The van der Waals surface area contributed by atoms with E-state index in [0.717, 1.165) is 41.2 Å². The molecule has 0 saturated heterocycles. The van der Waals surface area contributed by atoms with Crippen molar-refractivity contribution in [2.75, 3.05) is 6.54 Å². The van der Waals surface area contributed by atoms with Crippen LogP contribution in [0.1, 0.15) is 41.8 Å². The van der Waals surface area contributed by atoms with Crippen LogP contribution >= 0.6 is 11.3 Å². The van der Waals surface area contributed by atoms with E-state index in [4.69, 9.17) is 0 Å². The van der Waals surface area contributed by atoms with Crippen molar-refractivity contribution < 1.29 is 18.0 Å². The molecule has 8 heteroatoms. The van der Waals surface area contributed by atoms with Crippen LogP contribution in [0.5, 0.6) is 0 Å². The summed E-state index contributed by atoms with van der Waals surface area (Å²) in [6, 6.07) is 8.80. The highest BCUT2D eigenvalue weighted by molar-refractivity contribution is 7.09. The number of nitrogens with one attached hydrogen (secondary N) is 1. The fraction of sp³-hybridized carbons (Fsp3) is 0.318. The fourth-order valence-corrected chi connectivity index (χ4v) is 3.87. The van der Waals surface area contributed by atoms with Gasteiger partial charge in [0.15, 0.2) is 0 Å². The Morgan fingerprint density at radius 3 is 2.50 bits per heavy atom. The molecule has 3 aromatic rings. The van der Waals surface area contributed by atoms with Gasteiger partial charge in [-0.15, -0.1) is 11.3 Å². The first kappa shape index (κ1) is 22.0. The maximum absolute atomic E-state index is 12.6. The van der Waals surface area contributed by atoms with E-state index in [9.17, 15) is 18.0 Å². The van der Waals surface area contributed by atoms with Crippen molar-refractivity contribution in [3.05, 3.63) is 70.3 Å². The second-order valence-electron chi connectivity index (χ2n) is 7.04. The zero-order chi connectivity index (χ0) is 21.6. The van der Waals surface area contributed by atoms with E-state index < -0.39 is 11.7 Å². The average Bonchev–Trinajstić information content (AvgIpc) is 3.20. The molecule has 0 spiro atoms. The van der Waals surface area contributed by atoms with Crippen LogP contribution < -0.4 is 5.32 Å². The Balaban J connectivity index is 1.40. The zero-order valence-electron chi connectivity index (χ0n) is 16.4. The molecule has 4 nitrogen and oxygen atoms in total. The van der Waals surface area contributed by atoms with Gasteiger partial charge in [0.1, 0.15) is 0 Å². The van der Waals surface area contributed by atoms with E-state index in [1.54, 1.807) is 23.7 Å². The predicted octanol–water partition coefficient (Wildman–Crippen LogP) is 5.47. The number of pyridine rings is 1. The number of alkyl halides is 3. The number of thiazole rings is 1. The standard InChI is InChI=1S/C22H22F3N3OS/c1-15(16-4-6-18(7-5-16)22(23,24)25)13-20(29)27-10-2-3-21-28-19(14-30-21)17-8-11-26-12-9-17/h4-9,11-12,14-15H,2-3,10,13H2,1H3,(H,27,29). The molecule has 1 aromatic carbocycles. The van der Waals surface area contributed by atoms with Crippen LogP contribution in [0.3, 0.4) is 0 Å². The Hall–Kier alpha value is -2.74. The Morgan fingerprint density at radius 1 is 1.13 bits per heavy atom. The lowest BCUT2D eigenvalue weighted by molar-refractivity contribution is -0.137. The number of aryl methyl sites for hydroxylation is 1. The number of rotatable bonds is 8. The first-order valence-electron chi connectivity index (χ1n) is 9.61. The van der Waals surface area contributed by atoms with Crippen LogP contribution in [0.15, 0.2) is 54.2 Å². The van der Waals surface area contributed by atoms with Gasteiger partial charge in [-0.1, -0.05) is 19.1 Å². The third-order valence-corrected chi connectivity index (χ3v) is 5.62. The van der Waals surface area contributed by atoms with Gasteiger partial charge in [-0.25, -0.2) is 4.98 Å². The SMILES string of the molecule is CC(CC(=O)NCCCc1nc(-c2ccncc2)cs1)c1ccc(C(F)(F)F)cc1. The Morgan fingerprint density at radius 2 is 1.83 bits per heavy atom. The zero-order valence-corrected chi connectivity index (χ0v) is 17.3. The van der Waals surface area contributed by atoms with Crippen molar-refractivity contribution in [1.82, 2.24) is 15.3 Å². The quantitative estimate of drug-likeness (QED) is 0.480. The number of nitrogens with zero attached hydrogens (tertiary/aromatic N) is 2. The van der Waals surface area contributed by atoms with Crippen LogP contribution in [0.4, 0.5) is 13.2 Å². The molecule has 1 atom stereocenters. The van der Waals surface area contributed by atoms with Gasteiger partial charge in [0.05, 0.1) is 16.3 Å². The summed E-state index contributed by atoms with van der Waals surface area (Å²) >= 11 is 1.59. The Labute approximate surface area is 177 Å². The lowest BCUT2D eigenvalue weighted by Gasteiger charge is -2.13. The molecular weight excluding hydrogens is 411 g/mol. The number of hydrogen-bond acceptors (Lipinski definition) is 4. The van der Waals surface area contributed by atoms with Gasteiger partial charge < -0.3 is 5.32 Å². The largest absolute Gasteiger partial charge is 0.416 e. The molecule has 1 unspecified atom stereocenters. The van der Waals surface area contributed by atoms with Gasteiger partial charge in [0, 0.05) is 42.7 Å². The molecule has 1 N–H and O–H groups in total. The molecule has 0 aliphatic heterocycles. The minimum Gasteiger partial charge on any atom is -0.356 e. The van der Waals surface area contributed by atoms with Crippen LogP contribution in [0.25, 0.3) is 11.3 Å². The molecule has 0 saturated carbocycles. The van der Waals surface area contributed by atoms with E-state index in [1.807, 2.05) is 24.4 Å². The average molecular weight is 433 g/mol. The maximum atomic E-state index is 12.6. The summed E-state index contributed by atoms with van der Waals surface area (Å²) in [6.07, 6.45) is 0.879. The Kier molecular flexibility index (Phi) is 7.20. The van der Waals surface area contributed by atoms with Crippen LogP contribution in [0.2, 0.25) is 0 Å². The van der Waals surface area contributed by atoms with Gasteiger partial charge in [0.2, 0.25) is 5.91 Å². The third-order valence-electron chi connectivity index (χ3n) is 4.72. The number of carbonyl (C=O) groups excluding carboxylic acids is 1. The molecule has 0 aliphatic carbocycles. The van der Waals surface area contributed by atoms with Crippen molar-refractivity contribution in [3.63, 3.8) is 0 Å². The minimum atomic E-state index is -4.35. The van der Waals surface area contributed by atoms with Crippen LogP contribution in [-0.2, 0) is 17.4 Å². The summed E-state index contributed by atoms with van der Waals surface area (Å²) in [7, 11) is 0. The fourth-order valence-electron chi connectivity index (χ4n) is 3.02. The molecule has 0 radical (unpaired) electrons. The summed E-state index contributed by atoms with van der Waals surface area (Å²) in [6.45, 7) is 2.36. The molecule has 2 heterocycles. The number of halogens is 3. The molecule has 0 bridgehead atoms. The summed E-state index contributed by atoms with van der Waals surface area (Å²) in [5.41, 5.74) is 1.98. The van der Waals surface area contributed by atoms with Crippen molar-refractivity contribution in [2.24, 2.45) is 0 Å². The van der Waals surface area contributed by atoms with Crippen LogP contribution in [0, 0.1) is 0 Å². The molecule has 3 rings (SSSR count). The normalized spacial score (nSPS) is 12.5. The number of benzene rings is 1. The van der Waals surface area contributed by atoms with Crippen molar-refractivity contribution >= 4 is 17.2 Å². The number of amides is 1. The van der Waals surface area contributed by atoms with E-state index in [1.165, 1.54) is 12.1 Å². The third kappa shape index (κ3) is 6.13. The first-order valence-corrected chi connectivity index (χ1v) is 10.5. The maximum Gasteiger partial charge on any atom is 0.416 e. The summed E-state index contributed by atoms with van der Waals surface area (Å²) in [4.78, 5) is 20.7. The first-order chi connectivity index (χ1) is 14.3. The second-order valence-corrected chi connectivity index (χ2v) is 7.98. The van der Waals surface area contributed by atoms with Gasteiger partial charge in [-0.2, -0.15) is 13.2 Å². The summed E-state index contributed by atoms with van der Waals surface area (Å²) < 4.78 is 37.9. The van der Waals surface area contributed by atoms with Gasteiger partial charge in [0.25, 0.3) is 0 Å². The molecule has 30 heavy (non-hydrogen) atoms. The highest BCUT2D eigenvalue weighted by atomic mass is 32.1. The second kappa shape index (κ2) is 9.84. The number of hydrogen-bond donors (Lipinski definition) is 1. The molecular formula is C22H22F3N3OS. The minimum absolute atomic E-state index is 0.112. The molecule has 0 fully saturated rings. The lowest BCUT2D eigenvalue weighted by Crippen LogP contribution is -2.25. The molecule has 1 amide bonds. The van der Waals surface area contributed by atoms with Gasteiger partial charge >= 0.3 is 6.18 Å². The smallest absolute Gasteiger partial charge is 0.356 e. The predicted molar refractivity (Wildman–Crippen MR) is 111 cm³/mol. The highest BCUT2D eigenvalue weighted by Crippen LogP contribution is 2.30. The van der Waals surface area contributed by atoms with Crippen molar-refractivity contribution in [3.8, 4) is 11.3 Å². The van der Waals surface area contributed by atoms with Crippen molar-refractivity contribution in [1.29, 1.82) is 0 Å². The summed E-state index contributed by atoms with van der Waals surface area (Å²) in [5.74, 6) is -0.270. The van der Waals surface area contributed by atoms with Crippen molar-refractivity contribution in [2.45, 2.75) is 38.3 Å². The molecule has 0 aliphatic rings. The van der Waals surface area contributed by atoms with E-state index in [0.29, 0.717) is 12.1 Å². The molecule has 158 valence electrons. The number of aromatic nitrogens is 2. The van der Waals surface area contributed by atoms with Crippen LogP contribution in [-0.4, -0.2) is 22.4 Å². The molecule has 2 aromatic heterocycles. The topological polar surface area (TPSA) is 54.9 Å². The van der Waals surface area contributed by atoms with E-state index >= 15 is 0 Å². The van der Waals surface area contributed by atoms with E-state index in [-0.39, 0.29) is 18.2 Å². The number of carbonyl (C=O) groups is 1.